The van der Waals surface area contributed by atoms with Gasteiger partial charge in [0.25, 0.3) is 0 Å². The van der Waals surface area contributed by atoms with Crippen LogP contribution >= 0.6 is 0 Å². The van der Waals surface area contributed by atoms with Crippen molar-refractivity contribution in [2.45, 2.75) is 19.9 Å². The standard InChI is InChI=1S/C23H19FN6/c1-2-29-22-19(14-25-20(27-22)13-16-9-5-3-6-10-16)26-23(29)30-15-18(24)21(28-30)17-11-7-4-8-12-17/h3-12,14-15H,2,13H2,1H3. The molecular formula is C23H19FN6. The molecule has 0 radical (unpaired) electrons. The van der Waals surface area contributed by atoms with Gasteiger partial charge in [-0.15, -0.1) is 0 Å². The van der Waals surface area contributed by atoms with Crippen LogP contribution in [-0.2, 0) is 13.0 Å². The summed E-state index contributed by atoms with van der Waals surface area (Å²) in [5, 5.41) is 4.45. The minimum Gasteiger partial charge on any atom is -0.293 e. The highest BCUT2D eigenvalue weighted by Gasteiger charge is 2.18. The van der Waals surface area contributed by atoms with Crippen molar-refractivity contribution >= 4 is 11.2 Å². The maximum absolute atomic E-state index is 14.6. The summed E-state index contributed by atoms with van der Waals surface area (Å²) < 4.78 is 18.0. The van der Waals surface area contributed by atoms with E-state index in [2.05, 4.69) is 15.1 Å². The van der Waals surface area contributed by atoms with E-state index in [0.717, 1.165) is 11.1 Å². The van der Waals surface area contributed by atoms with E-state index in [1.807, 2.05) is 72.2 Å². The minimum absolute atomic E-state index is 0.293. The SMILES string of the molecule is CCn1c(-n2cc(F)c(-c3ccccc3)n2)nc2cnc(Cc3ccccc3)nc21. The summed E-state index contributed by atoms with van der Waals surface area (Å²) in [6.45, 7) is 2.62. The van der Waals surface area contributed by atoms with Crippen molar-refractivity contribution in [2.24, 2.45) is 0 Å². The molecule has 0 saturated carbocycles. The predicted octanol–water partition coefficient (Wildman–Crippen LogP) is 4.43. The Labute approximate surface area is 172 Å². The molecule has 7 heteroatoms. The molecule has 5 aromatic rings. The van der Waals surface area contributed by atoms with E-state index in [0.29, 0.717) is 41.6 Å². The molecule has 0 aliphatic carbocycles. The van der Waals surface area contributed by atoms with Crippen LogP contribution in [0, 0.1) is 5.82 Å². The first-order chi connectivity index (χ1) is 14.7. The van der Waals surface area contributed by atoms with Crippen LogP contribution in [0.3, 0.4) is 0 Å². The Kier molecular flexibility index (Phi) is 4.55. The van der Waals surface area contributed by atoms with Crippen LogP contribution in [0.2, 0.25) is 0 Å². The molecule has 3 aromatic heterocycles. The van der Waals surface area contributed by atoms with Gasteiger partial charge in [-0.25, -0.2) is 24.0 Å². The smallest absolute Gasteiger partial charge is 0.233 e. The number of halogens is 1. The number of rotatable bonds is 5. The molecule has 5 rings (SSSR count). The quantitative estimate of drug-likeness (QED) is 0.439. The lowest BCUT2D eigenvalue weighted by Crippen LogP contribution is -2.07. The lowest BCUT2D eigenvalue weighted by atomic mass is 10.1. The van der Waals surface area contributed by atoms with Gasteiger partial charge in [-0.05, 0) is 12.5 Å². The van der Waals surface area contributed by atoms with Gasteiger partial charge in [0.05, 0.1) is 12.4 Å². The molecule has 0 atom stereocenters. The van der Waals surface area contributed by atoms with Crippen molar-refractivity contribution in [3.63, 3.8) is 0 Å². The molecule has 148 valence electrons. The molecular weight excluding hydrogens is 379 g/mol. The Morgan fingerprint density at radius 2 is 1.67 bits per heavy atom. The molecule has 3 heterocycles. The highest BCUT2D eigenvalue weighted by molar-refractivity contribution is 5.72. The Balaban J connectivity index is 1.57. The molecule has 30 heavy (non-hydrogen) atoms. The van der Waals surface area contributed by atoms with E-state index in [-0.39, 0.29) is 0 Å². The highest BCUT2D eigenvalue weighted by Crippen LogP contribution is 2.23. The van der Waals surface area contributed by atoms with Crippen molar-refractivity contribution in [2.75, 3.05) is 0 Å². The maximum Gasteiger partial charge on any atom is 0.233 e. The van der Waals surface area contributed by atoms with Crippen molar-refractivity contribution < 1.29 is 4.39 Å². The van der Waals surface area contributed by atoms with Gasteiger partial charge in [-0.1, -0.05) is 60.7 Å². The second kappa shape index (κ2) is 7.51. The molecule has 0 unspecified atom stereocenters. The molecule has 0 N–H and O–H groups in total. The van der Waals surface area contributed by atoms with Crippen LogP contribution in [0.4, 0.5) is 4.39 Å². The molecule has 0 fully saturated rings. The van der Waals surface area contributed by atoms with E-state index in [4.69, 9.17) is 4.98 Å². The van der Waals surface area contributed by atoms with E-state index in [9.17, 15) is 4.39 Å². The maximum atomic E-state index is 14.6. The van der Waals surface area contributed by atoms with Crippen LogP contribution in [-0.4, -0.2) is 29.3 Å². The van der Waals surface area contributed by atoms with E-state index in [1.54, 1.807) is 6.20 Å². The average molecular weight is 398 g/mol. The largest absolute Gasteiger partial charge is 0.293 e. The van der Waals surface area contributed by atoms with Crippen molar-refractivity contribution in [3.05, 3.63) is 90.3 Å². The van der Waals surface area contributed by atoms with Crippen LogP contribution in [0.5, 0.6) is 0 Å². The average Bonchev–Trinajstić information content (AvgIpc) is 3.35. The topological polar surface area (TPSA) is 61.4 Å². The molecule has 0 spiro atoms. The molecule has 0 bridgehead atoms. The van der Waals surface area contributed by atoms with E-state index < -0.39 is 5.82 Å². The third-order valence-corrected chi connectivity index (χ3v) is 4.96. The summed E-state index contributed by atoms with van der Waals surface area (Å²) in [6.07, 6.45) is 3.71. The normalized spacial score (nSPS) is 11.3. The zero-order chi connectivity index (χ0) is 20.5. The first-order valence-electron chi connectivity index (χ1n) is 9.80. The predicted molar refractivity (Wildman–Crippen MR) is 113 cm³/mol. The third-order valence-electron chi connectivity index (χ3n) is 4.96. The van der Waals surface area contributed by atoms with Gasteiger partial charge in [-0.2, -0.15) is 5.10 Å². The van der Waals surface area contributed by atoms with Gasteiger partial charge in [0.2, 0.25) is 5.95 Å². The van der Waals surface area contributed by atoms with Gasteiger partial charge in [0.15, 0.2) is 11.5 Å². The number of fused-ring (bicyclic) bond motifs is 1. The number of imidazole rings is 1. The third kappa shape index (κ3) is 3.24. The molecule has 6 nitrogen and oxygen atoms in total. The van der Waals surface area contributed by atoms with Crippen molar-refractivity contribution in [3.8, 4) is 17.2 Å². The zero-order valence-corrected chi connectivity index (χ0v) is 16.4. The fourth-order valence-corrected chi connectivity index (χ4v) is 3.52. The number of hydrogen-bond acceptors (Lipinski definition) is 4. The lowest BCUT2D eigenvalue weighted by Gasteiger charge is -2.05. The summed E-state index contributed by atoms with van der Waals surface area (Å²) in [5.41, 5.74) is 3.52. The Morgan fingerprint density at radius 3 is 2.40 bits per heavy atom. The van der Waals surface area contributed by atoms with Gasteiger partial charge < -0.3 is 0 Å². The summed E-state index contributed by atoms with van der Waals surface area (Å²) in [6, 6.07) is 19.4. The molecule has 0 amide bonds. The number of aryl methyl sites for hydroxylation is 1. The number of aromatic nitrogens is 6. The molecule has 0 aliphatic rings. The van der Waals surface area contributed by atoms with Crippen molar-refractivity contribution in [1.29, 1.82) is 0 Å². The molecule has 0 aliphatic heterocycles. The van der Waals surface area contributed by atoms with E-state index >= 15 is 0 Å². The molecule has 0 saturated heterocycles. The van der Waals surface area contributed by atoms with Gasteiger partial charge in [0, 0.05) is 18.5 Å². The van der Waals surface area contributed by atoms with E-state index in [1.165, 1.54) is 10.9 Å². The monoisotopic (exact) mass is 398 g/mol. The lowest BCUT2D eigenvalue weighted by molar-refractivity contribution is 0.627. The fourth-order valence-electron chi connectivity index (χ4n) is 3.52. The van der Waals surface area contributed by atoms with Crippen LogP contribution < -0.4 is 0 Å². The molecule has 2 aromatic carbocycles. The summed E-state index contributed by atoms with van der Waals surface area (Å²) in [7, 11) is 0. The second-order valence-corrected chi connectivity index (χ2v) is 6.95. The number of benzene rings is 2. The first kappa shape index (κ1) is 18.2. The highest BCUT2D eigenvalue weighted by atomic mass is 19.1. The Hall–Kier alpha value is -3.87. The summed E-state index contributed by atoms with van der Waals surface area (Å²) in [4.78, 5) is 13.8. The van der Waals surface area contributed by atoms with Gasteiger partial charge >= 0.3 is 0 Å². The van der Waals surface area contributed by atoms with Gasteiger partial charge in [-0.3, -0.25) is 4.57 Å². The first-order valence-corrected chi connectivity index (χ1v) is 9.80. The summed E-state index contributed by atoms with van der Waals surface area (Å²) >= 11 is 0. The summed E-state index contributed by atoms with van der Waals surface area (Å²) in [5.74, 6) is 0.831. The zero-order valence-electron chi connectivity index (χ0n) is 16.4. The van der Waals surface area contributed by atoms with Gasteiger partial charge in [0.1, 0.15) is 17.0 Å². The second-order valence-electron chi connectivity index (χ2n) is 6.95. The Bertz CT molecular complexity index is 1310. The van der Waals surface area contributed by atoms with Crippen LogP contribution in [0.1, 0.15) is 18.3 Å². The fraction of sp³-hybridized carbons (Fsp3) is 0.130. The number of nitrogens with zero attached hydrogens (tertiary/aromatic N) is 6. The Morgan fingerprint density at radius 1 is 0.933 bits per heavy atom. The number of hydrogen-bond donors (Lipinski definition) is 0. The van der Waals surface area contributed by atoms with Crippen LogP contribution in [0.15, 0.2) is 73.1 Å². The van der Waals surface area contributed by atoms with Crippen LogP contribution in [0.25, 0.3) is 28.4 Å². The minimum atomic E-state index is -0.397. The van der Waals surface area contributed by atoms with Crippen molar-refractivity contribution in [1.82, 2.24) is 29.3 Å².